The Balaban J connectivity index is 2.42. The van der Waals surface area contributed by atoms with Crippen LogP contribution < -0.4 is 10.6 Å². The van der Waals surface area contributed by atoms with Gasteiger partial charge in [-0.1, -0.05) is 0 Å². The highest BCUT2D eigenvalue weighted by molar-refractivity contribution is 5.83. The highest BCUT2D eigenvalue weighted by atomic mass is 16.4. The van der Waals surface area contributed by atoms with E-state index in [4.69, 9.17) is 5.11 Å². The third kappa shape index (κ3) is 2.69. The molecule has 0 aromatic rings. The molecular weight excluding hydrogens is 172 g/mol. The maximum absolute atomic E-state index is 11.2. The van der Waals surface area contributed by atoms with Crippen LogP contribution in [0.3, 0.4) is 0 Å². The van der Waals surface area contributed by atoms with Gasteiger partial charge in [0, 0.05) is 6.54 Å². The van der Waals surface area contributed by atoms with Crippen molar-refractivity contribution in [1.29, 1.82) is 0 Å². The minimum Gasteiger partial charge on any atom is -0.480 e. The Labute approximate surface area is 76.5 Å². The van der Waals surface area contributed by atoms with E-state index in [9.17, 15) is 9.59 Å². The van der Waals surface area contributed by atoms with Crippen LogP contribution in [0.4, 0.5) is 0 Å². The number of amides is 1. The number of hydrogen-bond acceptors (Lipinski definition) is 3. The Morgan fingerprint density at radius 1 is 1.77 bits per heavy atom. The Hall–Kier alpha value is -1.10. The number of hydrogen-bond donors (Lipinski definition) is 3. The quantitative estimate of drug-likeness (QED) is 0.546. The summed E-state index contributed by atoms with van der Waals surface area (Å²) >= 11 is 0. The van der Waals surface area contributed by atoms with Crippen molar-refractivity contribution in [3.63, 3.8) is 0 Å². The molecule has 1 aliphatic rings. The molecule has 2 unspecified atom stereocenters. The van der Waals surface area contributed by atoms with Crippen LogP contribution in [-0.4, -0.2) is 35.6 Å². The average molecular weight is 186 g/mol. The summed E-state index contributed by atoms with van der Waals surface area (Å²) in [6.45, 7) is 2.22. The zero-order valence-corrected chi connectivity index (χ0v) is 7.54. The van der Waals surface area contributed by atoms with Crippen molar-refractivity contribution < 1.29 is 14.7 Å². The standard InChI is InChI=1S/C8H14N2O3/c1-5(8(12)13)10-6-3-2-4-9-7(6)11/h5-6,10H,2-4H2,1H3,(H,9,11)(H,12,13). The van der Waals surface area contributed by atoms with E-state index in [-0.39, 0.29) is 11.9 Å². The molecule has 5 heteroatoms. The Kier molecular flexibility index (Phi) is 3.25. The van der Waals surface area contributed by atoms with Crippen LogP contribution >= 0.6 is 0 Å². The molecule has 0 aliphatic carbocycles. The number of nitrogens with one attached hydrogen (secondary N) is 2. The molecule has 0 saturated carbocycles. The first-order valence-electron chi connectivity index (χ1n) is 4.38. The fourth-order valence-corrected chi connectivity index (χ4v) is 1.30. The maximum Gasteiger partial charge on any atom is 0.320 e. The fraction of sp³-hybridized carbons (Fsp3) is 0.750. The fourth-order valence-electron chi connectivity index (χ4n) is 1.30. The highest BCUT2D eigenvalue weighted by Crippen LogP contribution is 2.03. The Morgan fingerprint density at radius 3 is 3.00 bits per heavy atom. The Morgan fingerprint density at radius 2 is 2.46 bits per heavy atom. The van der Waals surface area contributed by atoms with Gasteiger partial charge in [0.2, 0.25) is 5.91 Å². The minimum absolute atomic E-state index is 0.0978. The van der Waals surface area contributed by atoms with E-state index in [1.807, 2.05) is 0 Å². The number of carboxylic acid groups (broad SMARTS) is 1. The number of carbonyl (C=O) groups is 2. The van der Waals surface area contributed by atoms with Gasteiger partial charge in [-0.05, 0) is 19.8 Å². The summed E-state index contributed by atoms with van der Waals surface area (Å²) in [6.07, 6.45) is 1.61. The molecule has 0 radical (unpaired) electrons. The molecule has 5 nitrogen and oxygen atoms in total. The maximum atomic E-state index is 11.2. The molecule has 0 aromatic heterocycles. The molecular formula is C8H14N2O3. The summed E-state index contributed by atoms with van der Waals surface area (Å²) in [5, 5.41) is 14.0. The van der Waals surface area contributed by atoms with E-state index < -0.39 is 12.0 Å². The van der Waals surface area contributed by atoms with Crippen molar-refractivity contribution in [3.8, 4) is 0 Å². The normalized spacial score (nSPS) is 25.0. The predicted octanol–water partition coefficient (Wildman–Crippen LogP) is -0.672. The van der Waals surface area contributed by atoms with E-state index in [2.05, 4.69) is 10.6 Å². The molecule has 0 aromatic carbocycles. The second kappa shape index (κ2) is 4.23. The summed E-state index contributed by atoms with van der Waals surface area (Å²) in [5.74, 6) is -1.03. The predicted molar refractivity (Wildman–Crippen MR) is 46.3 cm³/mol. The van der Waals surface area contributed by atoms with Crippen molar-refractivity contribution in [3.05, 3.63) is 0 Å². The molecule has 1 amide bonds. The van der Waals surface area contributed by atoms with E-state index in [1.54, 1.807) is 0 Å². The molecule has 2 atom stereocenters. The van der Waals surface area contributed by atoms with Gasteiger partial charge in [0.15, 0.2) is 0 Å². The number of rotatable bonds is 3. The van der Waals surface area contributed by atoms with Crippen LogP contribution in [0.15, 0.2) is 0 Å². The summed E-state index contributed by atoms with van der Waals surface area (Å²) in [5.41, 5.74) is 0. The van der Waals surface area contributed by atoms with E-state index in [1.165, 1.54) is 6.92 Å². The first kappa shape index (κ1) is 9.98. The van der Waals surface area contributed by atoms with Crippen molar-refractivity contribution in [2.75, 3.05) is 6.54 Å². The molecule has 1 saturated heterocycles. The lowest BCUT2D eigenvalue weighted by Gasteiger charge is -2.24. The smallest absolute Gasteiger partial charge is 0.320 e. The molecule has 0 spiro atoms. The van der Waals surface area contributed by atoms with Gasteiger partial charge < -0.3 is 10.4 Å². The van der Waals surface area contributed by atoms with Gasteiger partial charge in [-0.2, -0.15) is 0 Å². The largest absolute Gasteiger partial charge is 0.480 e. The van der Waals surface area contributed by atoms with Gasteiger partial charge >= 0.3 is 5.97 Å². The first-order chi connectivity index (χ1) is 6.11. The van der Waals surface area contributed by atoms with E-state index >= 15 is 0 Å². The topological polar surface area (TPSA) is 78.4 Å². The van der Waals surface area contributed by atoms with Gasteiger partial charge in [0.25, 0.3) is 0 Å². The summed E-state index contributed by atoms with van der Waals surface area (Å²) in [4.78, 5) is 21.7. The number of carbonyl (C=O) groups excluding carboxylic acids is 1. The summed E-state index contributed by atoms with van der Waals surface area (Å²) < 4.78 is 0. The van der Waals surface area contributed by atoms with Crippen molar-refractivity contribution >= 4 is 11.9 Å². The van der Waals surface area contributed by atoms with Crippen LogP contribution in [0.5, 0.6) is 0 Å². The highest BCUT2D eigenvalue weighted by Gasteiger charge is 2.25. The van der Waals surface area contributed by atoms with Crippen molar-refractivity contribution in [2.45, 2.75) is 31.8 Å². The number of piperidine rings is 1. The van der Waals surface area contributed by atoms with Crippen LogP contribution in [0.2, 0.25) is 0 Å². The second-order valence-electron chi connectivity index (χ2n) is 3.21. The Bertz CT molecular complexity index is 217. The molecule has 3 N–H and O–H groups in total. The third-order valence-electron chi connectivity index (χ3n) is 2.11. The lowest BCUT2D eigenvalue weighted by molar-refractivity contribution is -0.139. The van der Waals surface area contributed by atoms with Crippen molar-refractivity contribution in [2.24, 2.45) is 0 Å². The third-order valence-corrected chi connectivity index (χ3v) is 2.11. The first-order valence-corrected chi connectivity index (χ1v) is 4.38. The number of carboxylic acids is 1. The monoisotopic (exact) mass is 186 g/mol. The average Bonchev–Trinajstić information content (AvgIpc) is 2.08. The zero-order valence-electron chi connectivity index (χ0n) is 7.54. The van der Waals surface area contributed by atoms with E-state index in [0.29, 0.717) is 13.0 Å². The number of aliphatic carboxylic acids is 1. The van der Waals surface area contributed by atoms with Gasteiger partial charge in [-0.3, -0.25) is 14.9 Å². The summed E-state index contributed by atoms with van der Waals surface area (Å²) in [7, 11) is 0. The molecule has 1 heterocycles. The molecule has 74 valence electrons. The van der Waals surface area contributed by atoms with Crippen LogP contribution in [0, 0.1) is 0 Å². The van der Waals surface area contributed by atoms with Gasteiger partial charge in [-0.25, -0.2) is 0 Å². The van der Waals surface area contributed by atoms with Gasteiger partial charge in [0.1, 0.15) is 6.04 Å². The summed E-state index contributed by atoms with van der Waals surface area (Å²) in [6, 6.07) is -1.02. The molecule has 13 heavy (non-hydrogen) atoms. The minimum atomic E-state index is -0.932. The lowest BCUT2D eigenvalue weighted by Crippen LogP contribution is -2.52. The zero-order chi connectivity index (χ0) is 9.84. The lowest BCUT2D eigenvalue weighted by atomic mass is 10.1. The van der Waals surface area contributed by atoms with Gasteiger partial charge in [-0.15, -0.1) is 0 Å². The SMILES string of the molecule is CC(NC1CCCNC1=O)C(=O)O. The van der Waals surface area contributed by atoms with Gasteiger partial charge in [0.05, 0.1) is 6.04 Å². The van der Waals surface area contributed by atoms with E-state index in [0.717, 1.165) is 6.42 Å². The van der Waals surface area contributed by atoms with Crippen LogP contribution in [0.25, 0.3) is 0 Å². The van der Waals surface area contributed by atoms with Crippen LogP contribution in [-0.2, 0) is 9.59 Å². The van der Waals surface area contributed by atoms with Crippen LogP contribution in [0.1, 0.15) is 19.8 Å². The molecule has 1 rings (SSSR count). The second-order valence-corrected chi connectivity index (χ2v) is 3.21. The molecule has 1 aliphatic heterocycles. The molecule has 1 fully saturated rings. The molecule has 0 bridgehead atoms. The van der Waals surface area contributed by atoms with Crippen molar-refractivity contribution in [1.82, 2.24) is 10.6 Å².